The van der Waals surface area contributed by atoms with Gasteiger partial charge in [-0.3, -0.25) is 4.79 Å². The first-order valence-electron chi connectivity index (χ1n) is 8.15. The molecule has 0 spiro atoms. The van der Waals surface area contributed by atoms with Crippen molar-refractivity contribution in [3.63, 3.8) is 0 Å². The Balaban J connectivity index is 2.88. The normalized spacial score (nSPS) is 27.4. The number of ether oxygens (including phenoxy) is 4. The molecule has 0 aromatic heterocycles. The molecular weight excluding hydrogens is 304 g/mol. The standard InChI is InChI=1S/C16H30O7/c1-6-7-8-20-13(10(2)12(9-17)21-11(3)18)14-15(19)23-16(4,5)22-14/h10,12-15,17,19H,6-9H2,1-5H3/t10-,12?,13?,14?,15-/m1/s1. The zero-order chi connectivity index (χ0) is 17.6. The lowest BCUT2D eigenvalue weighted by Gasteiger charge is -2.33. The number of hydrogen-bond acceptors (Lipinski definition) is 7. The Morgan fingerprint density at radius 2 is 2.00 bits per heavy atom. The van der Waals surface area contributed by atoms with E-state index in [-0.39, 0.29) is 12.5 Å². The van der Waals surface area contributed by atoms with Gasteiger partial charge in [0.25, 0.3) is 0 Å². The van der Waals surface area contributed by atoms with Crippen LogP contribution < -0.4 is 0 Å². The van der Waals surface area contributed by atoms with Crippen molar-refractivity contribution in [3.05, 3.63) is 0 Å². The van der Waals surface area contributed by atoms with E-state index in [2.05, 4.69) is 0 Å². The van der Waals surface area contributed by atoms with Crippen LogP contribution in [0.1, 0.15) is 47.5 Å². The molecule has 1 heterocycles. The van der Waals surface area contributed by atoms with Crippen molar-refractivity contribution < 1.29 is 34.0 Å². The monoisotopic (exact) mass is 334 g/mol. The van der Waals surface area contributed by atoms with Gasteiger partial charge in [-0.25, -0.2) is 0 Å². The fourth-order valence-electron chi connectivity index (χ4n) is 2.65. The number of unbranched alkanes of at least 4 members (excludes halogenated alkanes) is 1. The van der Waals surface area contributed by atoms with Crippen LogP contribution in [0.2, 0.25) is 0 Å². The first-order chi connectivity index (χ1) is 10.7. The number of carbonyl (C=O) groups is 1. The topological polar surface area (TPSA) is 94.5 Å². The molecule has 1 aliphatic heterocycles. The second-order valence-corrected chi connectivity index (χ2v) is 6.37. The number of carbonyl (C=O) groups excluding carboxylic acids is 1. The number of rotatable bonds is 9. The maximum Gasteiger partial charge on any atom is 0.302 e. The van der Waals surface area contributed by atoms with Crippen molar-refractivity contribution >= 4 is 5.97 Å². The second kappa shape index (κ2) is 8.94. The maximum absolute atomic E-state index is 11.2. The minimum absolute atomic E-state index is 0.332. The average molecular weight is 334 g/mol. The van der Waals surface area contributed by atoms with Gasteiger partial charge in [0, 0.05) is 19.4 Å². The summed E-state index contributed by atoms with van der Waals surface area (Å²) in [6.45, 7) is 8.69. The van der Waals surface area contributed by atoms with E-state index in [0.717, 1.165) is 12.8 Å². The first-order valence-corrected chi connectivity index (χ1v) is 8.15. The minimum atomic E-state index is -1.14. The molecule has 0 amide bonds. The highest BCUT2D eigenvalue weighted by Gasteiger charge is 2.48. The molecule has 2 N–H and O–H groups in total. The third-order valence-corrected chi connectivity index (χ3v) is 3.84. The quantitative estimate of drug-likeness (QED) is 0.483. The van der Waals surface area contributed by atoms with Gasteiger partial charge in [0.05, 0.1) is 12.7 Å². The van der Waals surface area contributed by atoms with Crippen LogP contribution in [0, 0.1) is 5.92 Å². The molecule has 1 rings (SSSR count). The lowest BCUT2D eigenvalue weighted by Crippen LogP contribution is -2.47. The molecule has 0 aliphatic carbocycles. The average Bonchev–Trinajstić information content (AvgIpc) is 2.73. The Morgan fingerprint density at radius 1 is 1.35 bits per heavy atom. The van der Waals surface area contributed by atoms with E-state index >= 15 is 0 Å². The molecule has 1 saturated heterocycles. The molecule has 3 unspecified atom stereocenters. The molecule has 0 aromatic rings. The molecule has 0 aromatic carbocycles. The summed E-state index contributed by atoms with van der Waals surface area (Å²) in [5.41, 5.74) is 0. The molecule has 136 valence electrons. The summed E-state index contributed by atoms with van der Waals surface area (Å²) in [5.74, 6) is -1.78. The highest BCUT2D eigenvalue weighted by Crippen LogP contribution is 2.33. The van der Waals surface area contributed by atoms with Gasteiger partial charge in [-0.15, -0.1) is 0 Å². The van der Waals surface area contributed by atoms with E-state index in [1.807, 2.05) is 6.92 Å². The summed E-state index contributed by atoms with van der Waals surface area (Å²) in [6, 6.07) is 0. The summed E-state index contributed by atoms with van der Waals surface area (Å²) < 4.78 is 22.2. The van der Waals surface area contributed by atoms with Crippen LogP contribution in [-0.2, 0) is 23.7 Å². The zero-order valence-corrected chi connectivity index (χ0v) is 14.7. The van der Waals surface area contributed by atoms with E-state index in [1.165, 1.54) is 6.92 Å². The van der Waals surface area contributed by atoms with Gasteiger partial charge in [0.1, 0.15) is 12.2 Å². The van der Waals surface area contributed by atoms with Crippen molar-refractivity contribution in [2.24, 2.45) is 5.92 Å². The summed E-state index contributed by atoms with van der Waals surface area (Å²) in [6.07, 6.45) is -1.36. The second-order valence-electron chi connectivity index (χ2n) is 6.37. The third-order valence-electron chi connectivity index (χ3n) is 3.84. The smallest absolute Gasteiger partial charge is 0.302 e. The summed E-state index contributed by atoms with van der Waals surface area (Å²) in [5, 5.41) is 19.6. The highest BCUT2D eigenvalue weighted by atomic mass is 16.8. The van der Waals surface area contributed by atoms with Crippen LogP contribution in [0.25, 0.3) is 0 Å². The van der Waals surface area contributed by atoms with Gasteiger partial charge in [-0.05, 0) is 20.3 Å². The largest absolute Gasteiger partial charge is 0.460 e. The van der Waals surface area contributed by atoms with Gasteiger partial charge in [-0.2, -0.15) is 0 Å². The predicted molar refractivity (Wildman–Crippen MR) is 82.5 cm³/mol. The van der Waals surface area contributed by atoms with Crippen molar-refractivity contribution in [1.29, 1.82) is 0 Å². The van der Waals surface area contributed by atoms with E-state index in [4.69, 9.17) is 18.9 Å². The van der Waals surface area contributed by atoms with Gasteiger partial charge in [-0.1, -0.05) is 20.3 Å². The maximum atomic E-state index is 11.2. The Hall–Kier alpha value is -0.730. The Morgan fingerprint density at radius 3 is 2.43 bits per heavy atom. The van der Waals surface area contributed by atoms with Crippen molar-refractivity contribution in [1.82, 2.24) is 0 Å². The number of esters is 1. The van der Waals surface area contributed by atoms with Crippen LogP contribution >= 0.6 is 0 Å². The van der Waals surface area contributed by atoms with Crippen molar-refractivity contribution in [3.8, 4) is 0 Å². The van der Waals surface area contributed by atoms with Crippen LogP contribution in [0.3, 0.4) is 0 Å². The minimum Gasteiger partial charge on any atom is -0.460 e. The van der Waals surface area contributed by atoms with E-state index in [0.29, 0.717) is 6.61 Å². The lowest BCUT2D eigenvalue weighted by molar-refractivity contribution is -0.180. The molecule has 0 saturated carbocycles. The fraction of sp³-hybridized carbons (Fsp3) is 0.938. The molecule has 1 fully saturated rings. The number of hydrogen-bond donors (Lipinski definition) is 2. The van der Waals surface area contributed by atoms with Gasteiger partial charge in [0.15, 0.2) is 12.1 Å². The summed E-state index contributed by atoms with van der Waals surface area (Å²) in [4.78, 5) is 11.2. The Labute approximate surface area is 137 Å². The molecule has 0 radical (unpaired) electrons. The van der Waals surface area contributed by atoms with E-state index in [9.17, 15) is 15.0 Å². The van der Waals surface area contributed by atoms with Gasteiger partial charge < -0.3 is 29.2 Å². The van der Waals surface area contributed by atoms with Crippen molar-refractivity contribution in [2.45, 2.75) is 77.8 Å². The lowest BCUT2D eigenvalue weighted by atomic mass is 9.93. The summed E-state index contributed by atoms with van der Waals surface area (Å²) in [7, 11) is 0. The molecule has 1 aliphatic rings. The van der Waals surface area contributed by atoms with Gasteiger partial charge in [0.2, 0.25) is 0 Å². The molecule has 7 heteroatoms. The Kier molecular flexibility index (Phi) is 7.89. The van der Waals surface area contributed by atoms with Gasteiger partial charge >= 0.3 is 5.97 Å². The molecular formula is C16H30O7. The van der Waals surface area contributed by atoms with Crippen LogP contribution in [0.4, 0.5) is 0 Å². The van der Waals surface area contributed by atoms with Crippen molar-refractivity contribution in [2.75, 3.05) is 13.2 Å². The molecule has 23 heavy (non-hydrogen) atoms. The third kappa shape index (κ3) is 6.00. The molecule has 5 atom stereocenters. The molecule has 0 bridgehead atoms. The van der Waals surface area contributed by atoms with Crippen LogP contribution in [0.15, 0.2) is 0 Å². The fourth-order valence-corrected chi connectivity index (χ4v) is 2.65. The number of aliphatic hydroxyl groups is 2. The van der Waals surface area contributed by atoms with E-state index < -0.39 is 36.4 Å². The molecule has 7 nitrogen and oxygen atoms in total. The van der Waals surface area contributed by atoms with Crippen LogP contribution in [0.5, 0.6) is 0 Å². The first kappa shape index (κ1) is 20.3. The summed E-state index contributed by atoms with van der Waals surface area (Å²) >= 11 is 0. The Bertz CT molecular complexity index is 371. The van der Waals surface area contributed by atoms with Crippen LogP contribution in [-0.4, -0.2) is 59.8 Å². The number of aliphatic hydroxyl groups excluding tert-OH is 2. The van der Waals surface area contributed by atoms with E-state index in [1.54, 1.807) is 20.8 Å². The SMILES string of the molecule is CCCCOC(C1OC(C)(C)O[C@H]1O)[C@H](C)C(CO)OC(C)=O. The highest BCUT2D eigenvalue weighted by molar-refractivity contribution is 5.66. The predicted octanol–water partition coefficient (Wildman–Crippen LogP) is 1.20. The zero-order valence-electron chi connectivity index (χ0n) is 14.7.